The van der Waals surface area contributed by atoms with Crippen LogP contribution in [0.2, 0.25) is 0 Å². The minimum atomic E-state index is -1.03. The maximum Gasteiger partial charge on any atom is 0.257 e. The Morgan fingerprint density at radius 1 is 1.11 bits per heavy atom. The number of anilines is 1. The first-order valence-electron chi connectivity index (χ1n) is 12.5. The van der Waals surface area contributed by atoms with Crippen LogP contribution in [0, 0.1) is 12.7 Å². The first-order chi connectivity index (χ1) is 18.1. The molecule has 0 saturated carbocycles. The maximum absolute atomic E-state index is 14.5. The molecular weight excluding hydrogens is 501 g/mol. The number of imide groups is 1. The third kappa shape index (κ3) is 4.49. The molecule has 8 heteroatoms. The molecule has 3 aromatic carbocycles. The highest BCUT2D eigenvalue weighted by molar-refractivity contribution is 7.21. The van der Waals surface area contributed by atoms with E-state index in [9.17, 15) is 18.8 Å². The summed E-state index contributed by atoms with van der Waals surface area (Å²) in [7, 11) is 0. The molecule has 4 aromatic rings. The average molecular weight is 530 g/mol. The highest BCUT2D eigenvalue weighted by atomic mass is 32.1. The number of halogens is 1. The summed E-state index contributed by atoms with van der Waals surface area (Å²) in [6.45, 7) is 7.57. The number of benzene rings is 3. The predicted octanol–water partition coefficient (Wildman–Crippen LogP) is 6.37. The number of fused-ring (bicyclic) bond motifs is 1. The van der Waals surface area contributed by atoms with Crippen LogP contribution in [0.25, 0.3) is 20.8 Å². The topological polar surface area (TPSA) is 70.6 Å². The van der Waals surface area contributed by atoms with Gasteiger partial charge in [0.1, 0.15) is 16.9 Å². The van der Waals surface area contributed by atoms with Crippen molar-refractivity contribution in [2.45, 2.75) is 52.1 Å². The van der Waals surface area contributed by atoms with Gasteiger partial charge in [0.15, 0.2) is 0 Å². The molecule has 0 N–H and O–H groups in total. The van der Waals surface area contributed by atoms with Crippen molar-refractivity contribution in [2.24, 2.45) is 0 Å². The molecular formula is C30H28FN3O3S. The van der Waals surface area contributed by atoms with Gasteiger partial charge in [-0.3, -0.25) is 14.4 Å². The van der Waals surface area contributed by atoms with Crippen molar-refractivity contribution in [3.63, 3.8) is 0 Å². The highest BCUT2D eigenvalue weighted by Crippen LogP contribution is 2.35. The molecule has 1 fully saturated rings. The fraction of sp³-hybridized carbons (Fsp3) is 0.267. The molecule has 1 aliphatic rings. The minimum Gasteiger partial charge on any atom is -0.321 e. The van der Waals surface area contributed by atoms with Gasteiger partial charge in [0.2, 0.25) is 5.91 Å². The molecule has 0 radical (unpaired) electrons. The molecule has 194 valence electrons. The number of hydrogen-bond acceptors (Lipinski definition) is 5. The molecule has 2 heterocycles. The van der Waals surface area contributed by atoms with E-state index >= 15 is 0 Å². The number of aromatic nitrogens is 1. The van der Waals surface area contributed by atoms with E-state index in [1.165, 1.54) is 23.1 Å². The Morgan fingerprint density at radius 2 is 1.82 bits per heavy atom. The number of hydrogen-bond donors (Lipinski definition) is 0. The van der Waals surface area contributed by atoms with Crippen LogP contribution in [0.4, 0.5) is 10.1 Å². The summed E-state index contributed by atoms with van der Waals surface area (Å²) >= 11 is 1.58. The van der Waals surface area contributed by atoms with Gasteiger partial charge >= 0.3 is 0 Å². The number of carbonyl (C=O) groups is 3. The summed E-state index contributed by atoms with van der Waals surface area (Å²) in [5.74, 6) is -2.17. The molecule has 1 aliphatic heterocycles. The lowest BCUT2D eigenvalue weighted by Crippen LogP contribution is -2.55. The van der Waals surface area contributed by atoms with Crippen LogP contribution >= 0.6 is 11.3 Å². The van der Waals surface area contributed by atoms with Crippen LogP contribution in [0.15, 0.2) is 66.7 Å². The van der Waals surface area contributed by atoms with Gasteiger partial charge in [-0.1, -0.05) is 25.1 Å². The molecule has 1 aromatic heterocycles. The fourth-order valence-corrected chi connectivity index (χ4v) is 5.84. The zero-order valence-corrected chi connectivity index (χ0v) is 22.5. The normalized spacial score (nSPS) is 15.9. The van der Waals surface area contributed by atoms with E-state index < -0.39 is 35.1 Å². The lowest BCUT2D eigenvalue weighted by Gasteiger charge is -2.41. The Labute approximate surface area is 224 Å². The Bertz CT molecular complexity index is 1560. The second-order valence-electron chi connectivity index (χ2n) is 10.1. The lowest BCUT2D eigenvalue weighted by atomic mass is 9.94. The van der Waals surface area contributed by atoms with E-state index in [4.69, 9.17) is 4.98 Å². The highest BCUT2D eigenvalue weighted by Gasteiger charge is 2.48. The average Bonchev–Trinajstić information content (AvgIpc) is 3.44. The van der Waals surface area contributed by atoms with Crippen molar-refractivity contribution in [1.82, 2.24) is 9.88 Å². The molecule has 0 bridgehead atoms. The van der Waals surface area contributed by atoms with Crippen LogP contribution in [0.3, 0.4) is 0 Å². The van der Waals surface area contributed by atoms with E-state index in [0.717, 1.165) is 31.3 Å². The third-order valence-electron chi connectivity index (χ3n) is 7.19. The van der Waals surface area contributed by atoms with E-state index in [1.54, 1.807) is 29.5 Å². The van der Waals surface area contributed by atoms with Crippen LogP contribution < -0.4 is 4.90 Å². The van der Waals surface area contributed by atoms with E-state index in [1.807, 2.05) is 52.0 Å². The van der Waals surface area contributed by atoms with E-state index in [0.29, 0.717) is 12.1 Å². The fourth-order valence-electron chi connectivity index (χ4n) is 4.77. The summed E-state index contributed by atoms with van der Waals surface area (Å²) in [4.78, 5) is 47.5. The monoisotopic (exact) mass is 529 g/mol. The van der Waals surface area contributed by atoms with Crippen LogP contribution in [-0.2, 0) is 9.59 Å². The Hall–Kier alpha value is -3.91. The van der Waals surface area contributed by atoms with Crippen molar-refractivity contribution in [2.75, 3.05) is 4.90 Å². The van der Waals surface area contributed by atoms with Crippen molar-refractivity contribution < 1.29 is 18.8 Å². The Balaban J connectivity index is 1.45. The Kier molecular flexibility index (Phi) is 6.61. The molecule has 38 heavy (non-hydrogen) atoms. The molecule has 1 unspecified atom stereocenters. The van der Waals surface area contributed by atoms with Gasteiger partial charge in [-0.2, -0.15) is 0 Å². The zero-order chi connectivity index (χ0) is 27.2. The van der Waals surface area contributed by atoms with Gasteiger partial charge < -0.3 is 4.90 Å². The van der Waals surface area contributed by atoms with Gasteiger partial charge in [-0.05, 0) is 81.3 Å². The van der Waals surface area contributed by atoms with Gasteiger partial charge in [0.25, 0.3) is 11.8 Å². The molecule has 0 spiro atoms. The maximum atomic E-state index is 14.5. The molecule has 1 atom stereocenters. The number of amides is 3. The second-order valence-corrected chi connectivity index (χ2v) is 11.2. The van der Waals surface area contributed by atoms with Gasteiger partial charge in [-0.15, -0.1) is 11.3 Å². The number of aryl methyl sites for hydroxylation is 1. The minimum absolute atomic E-state index is 0.122. The predicted molar refractivity (Wildman–Crippen MR) is 148 cm³/mol. The summed E-state index contributed by atoms with van der Waals surface area (Å²) in [5.41, 5.74) is 2.49. The molecule has 0 aliphatic carbocycles. The van der Waals surface area contributed by atoms with E-state index in [-0.39, 0.29) is 12.0 Å². The van der Waals surface area contributed by atoms with Gasteiger partial charge in [0.05, 0.1) is 27.9 Å². The first kappa shape index (κ1) is 25.7. The smallest absolute Gasteiger partial charge is 0.257 e. The summed E-state index contributed by atoms with van der Waals surface area (Å²) < 4.78 is 15.6. The molecule has 6 nitrogen and oxygen atoms in total. The largest absolute Gasteiger partial charge is 0.321 e. The molecule has 5 rings (SSSR count). The van der Waals surface area contributed by atoms with E-state index in [2.05, 4.69) is 6.07 Å². The van der Waals surface area contributed by atoms with Crippen molar-refractivity contribution in [1.29, 1.82) is 0 Å². The van der Waals surface area contributed by atoms with Crippen molar-refractivity contribution in [3.8, 4) is 10.6 Å². The third-order valence-corrected chi connectivity index (χ3v) is 8.26. The number of carbonyl (C=O) groups excluding carboxylic acids is 3. The Morgan fingerprint density at radius 3 is 2.50 bits per heavy atom. The zero-order valence-electron chi connectivity index (χ0n) is 21.7. The van der Waals surface area contributed by atoms with Crippen molar-refractivity contribution >= 4 is 45.0 Å². The standard InChI is InChI=1S/C30H28FN3O3S/c1-5-30(3,4)34(28(36)21-8-6-7-9-22(21)31)24-17-26(35)33(29(24)37)20-13-11-19(12-14-20)27-32-23-15-10-18(2)16-25(23)38-27/h6-16,24H,5,17H2,1-4H3. The molecule has 3 amide bonds. The number of nitrogens with zero attached hydrogens (tertiary/aromatic N) is 3. The summed E-state index contributed by atoms with van der Waals surface area (Å²) in [6, 6.07) is 17.9. The van der Waals surface area contributed by atoms with Crippen LogP contribution in [0.5, 0.6) is 0 Å². The SMILES string of the molecule is CCC(C)(C)N(C(=O)c1ccccc1F)C1CC(=O)N(c2ccc(-c3nc4ccc(C)cc4s3)cc2)C1=O. The van der Waals surface area contributed by atoms with Crippen LogP contribution in [-0.4, -0.2) is 39.2 Å². The number of thiazole rings is 1. The first-order valence-corrected chi connectivity index (χ1v) is 13.3. The van der Waals surface area contributed by atoms with Gasteiger partial charge in [-0.25, -0.2) is 14.3 Å². The second kappa shape index (κ2) is 9.76. The van der Waals surface area contributed by atoms with Crippen molar-refractivity contribution in [3.05, 3.63) is 83.7 Å². The van der Waals surface area contributed by atoms with Gasteiger partial charge in [0, 0.05) is 11.1 Å². The van der Waals surface area contributed by atoms with Crippen LogP contribution in [0.1, 0.15) is 49.5 Å². The summed E-state index contributed by atoms with van der Waals surface area (Å²) in [5, 5.41) is 0.848. The molecule has 1 saturated heterocycles. The lowest BCUT2D eigenvalue weighted by molar-refractivity contribution is -0.123. The number of rotatable bonds is 6. The summed E-state index contributed by atoms with van der Waals surface area (Å²) in [6.07, 6.45) is 0.350. The quantitative estimate of drug-likeness (QED) is 0.272.